The molecule has 0 unspecified atom stereocenters. The second-order valence-electron chi connectivity index (χ2n) is 3.36. The van der Waals surface area contributed by atoms with Crippen molar-refractivity contribution in [2.24, 2.45) is 0 Å². The minimum Gasteiger partial charge on any atom is -0.290 e. The highest BCUT2D eigenvalue weighted by atomic mass is 15.1. The van der Waals surface area contributed by atoms with Crippen molar-refractivity contribution in [3.63, 3.8) is 0 Å². The summed E-state index contributed by atoms with van der Waals surface area (Å²) in [5.41, 5.74) is 1.85. The molecule has 0 saturated heterocycles. The van der Waals surface area contributed by atoms with E-state index in [2.05, 4.69) is 15.0 Å². The maximum Gasteiger partial charge on any atom is 0.143 e. The predicted molar refractivity (Wildman–Crippen MR) is 54.8 cm³/mol. The van der Waals surface area contributed by atoms with E-state index in [0.29, 0.717) is 0 Å². The summed E-state index contributed by atoms with van der Waals surface area (Å²) >= 11 is 0. The summed E-state index contributed by atoms with van der Waals surface area (Å²) in [6.07, 6.45) is 9.04. The molecule has 0 N–H and O–H groups in total. The fourth-order valence-corrected chi connectivity index (χ4v) is 1.50. The Hall–Kier alpha value is -2.17. The Balaban J connectivity index is 2.18. The Morgan fingerprint density at radius 1 is 1.13 bits per heavy atom. The summed E-state index contributed by atoms with van der Waals surface area (Å²) in [5.74, 6) is 0.828. The van der Waals surface area contributed by atoms with Gasteiger partial charge in [-0.25, -0.2) is 15.0 Å². The van der Waals surface area contributed by atoms with E-state index in [1.54, 1.807) is 18.9 Å². The smallest absolute Gasteiger partial charge is 0.143 e. The number of hydrogen-bond donors (Lipinski definition) is 0. The topological polar surface area (TPSA) is 48.0 Å². The van der Waals surface area contributed by atoms with Crippen molar-refractivity contribution in [1.29, 1.82) is 0 Å². The molecule has 0 aliphatic heterocycles. The van der Waals surface area contributed by atoms with Crippen LogP contribution in [0.2, 0.25) is 0 Å². The Bertz CT molecular complexity index is 607. The van der Waals surface area contributed by atoms with Gasteiger partial charge in [0.25, 0.3) is 0 Å². The minimum atomic E-state index is 0.828. The number of imidazole rings is 2. The Morgan fingerprint density at radius 3 is 2.87 bits per heavy atom. The van der Waals surface area contributed by atoms with Crippen molar-refractivity contribution in [2.75, 3.05) is 0 Å². The Morgan fingerprint density at radius 2 is 2.07 bits per heavy atom. The Kier molecular flexibility index (Phi) is 1.58. The normalized spacial score (nSPS) is 11.0. The number of fused-ring (bicyclic) bond motifs is 1. The van der Waals surface area contributed by atoms with Crippen LogP contribution in [-0.4, -0.2) is 23.9 Å². The molecule has 0 saturated carbocycles. The zero-order chi connectivity index (χ0) is 10.3. The first kappa shape index (κ1) is 8.16. The molecule has 0 fully saturated rings. The van der Waals surface area contributed by atoms with E-state index in [-0.39, 0.29) is 0 Å². The first-order chi connectivity index (χ1) is 7.33. The van der Waals surface area contributed by atoms with Gasteiger partial charge >= 0.3 is 0 Å². The fraction of sp³-hybridized carbons (Fsp3) is 0.100. The van der Waals surface area contributed by atoms with Gasteiger partial charge in [-0.1, -0.05) is 0 Å². The largest absolute Gasteiger partial charge is 0.290 e. The lowest BCUT2D eigenvalue weighted by molar-refractivity contribution is 0.958. The molecule has 5 nitrogen and oxygen atoms in total. The molecule has 3 aromatic heterocycles. The lowest BCUT2D eigenvalue weighted by atomic mass is 10.5. The number of nitrogens with zero attached hydrogens (tertiary/aromatic N) is 5. The van der Waals surface area contributed by atoms with Gasteiger partial charge in [-0.05, 0) is 6.92 Å². The van der Waals surface area contributed by atoms with Crippen molar-refractivity contribution >= 4 is 5.65 Å². The first-order valence-electron chi connectivity index (χ1n) is 4.62. The lowest BCUT2D eigenvalue weighted by Crippen LogP contribution is -1.96. The summed E-state index contributed by atoms with van der Waals surface area (Å²) in [6.45, 7) is 1.95. The van der Waals surface area contributed by atoms with E-state index in [1.807, 2.05) is 34.4 Å². The molecule has 0 atom stereocenters. The van der Waals surface area contributed by atoms with Crippen molar-refractivity contribution in [3.05, 3.63) is 43.0 Å². The Labute approximate surface area is 86.0 Å². The second-order valence-corrected chi connectivity index (χ2v) is 3.36. The SMILES string of the molecule is Cc1cn(-c2cc3nccn3cn2)cn1. The van der Waals surface area contributed by atoms with E-state index < -0.39 is 0 Å². The molecule has 0 bridgehead atoms. The molecule has 3 heterocycles. The zero-order valence-corrected chi connectivity index (χ0v) is 8.20. The van der Waals surface area contributed by atoms with Crippen LogP contribution in [-0.2, 0) is 0 Å². The van der Waals surface area contributed by atoms with Gasteiger partial charge in [-0.15, -0.1) is 0 Å². The third-order valence-corrected chi connectivity index (χ3v) is 2.25. The van der Waals surface area contributed by atoms with Gasteiger partial charge in [0.2, 0.25) is 0 Å². The highest BCUT2D eigenvalue weighted by Gasteiger charge is 2.01. The monoisotopic (exact) mass is 199 g/mol. The van der Waals surface area contributed by atoms with Crippen molar-refractivity contribution < 1.29 is 0 Å². The van der Waals surface area contributed by atoms with Gasteiger partial charge in [0.15, 0.2) is 0 Å². The number of aryl methyl sites for hydroxylation is 1. The van der Waals surface area contributed by atoms with Gasteiger partial charge in [-0.2, -0.15) is 0 Å². The average Bonchev–Trinajstić information content (AvgIpc) is 2.84. The number of aromatic nitrogens is 5. The van der Waals surface area contributed by atoms with Crippen LogP contribution in [0, 0.1) is 6.92 Å². The van der Waals surface area contributed by atoms with Crippen LogP contribution in [0.5, 0.6) is 0 Å². The average molecular weight is 199 g/mol. The molecule has 0 radical (unpaired) electrons. The quantitative estimate of drug-likeness (QED) is 0.592. The number of hydrogen-bond acceptors (Lipinski definition) is 3. The van der Waals surface area contributed by atoms with Crippen molar-refractivity contribution in [3.8, 4) is 5.82 Å². The van der Waals surface area contributed by atoms with Crippen LogP contribution in [0.4, 0.5) is 0 Å². The van der Waals surface area contributed by atoms with E-state index in [4.69, 9.17) is 0 Å². The van der Waals surface area contributed by atoms with E-state index in [9.17, 15) is 0 Å². The predicted octanol–water partition coefficient (Wildman–Crippen LogP) is 1.22. The molecule has 0 amide bonds. The summed E-state index contributed by atoms with van der Waals surface area (Å²) in [6, 6.07) is 1.92. The van der Waals surface area contributed by atoms with E-state index >= 15 is 0 Å². The highest BCUT2D eigenvalue weighted by Crippen LogP contribution is 2.07. The summed E-state index contributed by atoms with van der Waals surface area (Å²) in [7, 11) is 0. The fourth-order valence-electron chi connectivity index (χ4n) is 1.50. The van der Waals surface area contributed by atoms with Crippen LogP contribution in [0.25, 0.3) is 11.5 Å². The third-order valence-electron chi connectivity index (χ3n) is 2.25. The van der Waals surface area contributed by atoms with Crippen LogP contribution < -0.4 is 0 Å². The van der Waals surface area contributed by atoms with Crippen LogP contribution in [0.1, 0.15) is 5.69 Å². The van der Waals surface area contributed by atoms with Crippen LogP contribution in [0.15, 0.2) is 37.3 Å². The maximum absolute atomic E-state index is 4.31. The summed E-state index contributed by atoms with van der Waals surface area (Å²) < 4.78 is 3.75. The lowest BCUT2D eigenvalue weighted by Gasteiger charge is -2.00. The van der Waals surface area contributed by atoms with E-state index in [0.717, 1.165) is 17.2 Å². The van der Waals surface area contributed by atoms with Gasteiger partial charge in [-0.3, -0.25) is 8.97 Å². The number of rotatable bonds is 1. The third kappa shape index (κ3) is 1.28. The maximum atomic E-state index is 4.31. The summed E-state index contributed by atoms with van der Waals surface area (Å²) in [4.78, 5) is 12.7. The van der Waals surface area contributed by atoms with Crippen LogP contribution in [0.3, 0.4) is 0 Å². The molecule has 3 aromatic rings. The minimum absolute atomic E-state index is 0.828. The van der Waals surface area contributed by atoms with Crippen molar-refractivity contribution in [2.45, 2.75) is 6.92 Å². The molecule has 0 spiro atoms. The van der Waals surface area contributed by atoms with Crippen LogP contribution >= 0.6 is 0 Å². The molecule has 3 rings (SSSR count). The standard InChI is InChI=1S/C10H9N5/c1-8-5-15(6-12-8)10-4-9-11-2-3-14(9)7-13-10/h2-7H,1H3. The summed E-state index contributed by atoms with van der Waals surface area (Å²) in [5, 5.41) is 0. The molecule has 74 valence electrons. The molecular formula is C10H9N5. The van der Waals surface area contributed by atoms with E-state index in [1.165, 1.54) is 0 Å². The molecule has 0 aliphatic rings. The second kappa shape index (κ2) is 2.91. The van der Waals surface area contributed by atoms with Gasteiger partial charge in [0.1, 0.15) is 24.1 Å². The zero-order valence-electron chi connectivity index (χ0n) is 8.20. The van der Waals surface area contributed by atoms with Gasteiger partial charge in [0, 0.05) is 24.7 Å². The molecular weight excluding hydrogens is 190 g/mol. The van der Waals surface area contributed by atoms with Gasteiger partial charge in [0.05, 0.1) is 5.69 Å². The molecule has 5 heteroatoms. The molecule has 0 aliphatic carbocycles. The van der Waals surface area contributed by atoms with Crippen molar-refractivity contribution in [1.82, 2.24) is 23.9 Å². The molecule has 0 aromatic carbocycles. The van der Waals surface area contributed by atoms with Gasteiger partial charge < -0.3 is 0 Å². The molecule has 15 heavy (non-hydrogen) atoms. The first-order valence-corrected chi connectivity index (χ1v) is 4.62. The highest BCUT2D eigenvalue weighted by molar-refractivity contribution is 5.43.